The lowest BCUT2D eigenvalue weighted by atomic mass is 9.82. The molecule has 0 aromatic heterocycles. The fourth-order valence-electron chi connectivity index (χ4n) is 2.62. The molecule has 2 rings (SSSR count). The highest BCUT2D eigenvalue weighted by atomic mass is 16.5. The van der Waals surface area contributed by atoms with Crippen LogP contribution in [0.3, 0.4) is 0 Å². The second-order valence-corrected chi connectivity index (χ2v) is 6.24. The number of carbonyl (C=O) groups excluding carboxylic acids is 2. The first kappa shape index (κ1) is 16.3. The van der Waals surface area contributed by atoms with Gasteiger partial charge in [0.1, 0.15) is 0 Å². The first-order valence-corrected chi connectivity index (χ1v) is 7.58. The number of nitrogens with zero attached hydrogens (tertiary/aromatic N) is 1. The van der Waals surface area contributed by atoms with E-state index in [4.69, 9.17) is 4.74 Å². The molecule has 1 amide bonds. The van der Waals surface area contributed by atoms with Crippen LogP contribution in [-0.2, 0) is 20.9 Å². The summed E-state index contributed by atoms with van der Waals surface area (Å²) in [6.07, 6.45) is 0. The molecule has 118 valence electrons. The van der Waals surface area contributed by atoms with Gasteiger partial charge in [-0.3, -0.25) is 9.59 Å². The third kappa shape index (κ3) is 3.38. The van der Waals surface area contributed by atoms with E-state index in [0.717, 1.165) is 11.1 Å². The van der Waals surface area contributed by atoms with Crippen LogP contribution in [0.4, 0.5) is 0 Å². The maximum atomic E-state index is 12.4. The van der Waals surface area contributed by atoms with Crippen molar-refractivity contribution in [3.8, 4) is 0 Å². The van der Waals surface area contributed by atoms with E-state index in [1.54, 1.807) is 4.90 Å². The molecule has 1 heterocycles. The second kappa shape index (κ2) is 6.77. The van der Waals surface area contributed by atoms with Gasteiger partial charge in [0, 0.05) is 6.54 Å². The quantitative estimate of drug-likeness (QED) is 0.351. The third-order valence-electron chi connectivity index (χ3n) is 3.71. The predicted molar refractivity (Wildman–Crippen MR) is 84.9 cm³/mol. The zero-order valence-corrected chi connectivity index (χ0v) is 13.4. The van der Waals surface area contributed by atoms with Crippen molar-refractivity contribution < 1.29 is 14.3 Å². The number of ether oxygens (including phenoxy) is 1. The lowest BCUT2D eigenvalue weighted by molar-refractivity contribution is -0.172. The maximum Gasteiger partial charge on any atom is 0.321 e. The smallest absolute Gasteiger partial charge is 0.321 e. The summed E-state index contributed by atoms with van der Waals surface area (Å²) in [7, 11) is 0. The molecule has 0 unspecified atom stereocenters. The number of esters is 1. The normalized spacial score (nSPS) is 20.7. The van der Waals surface area contributed by atoms with Crippen molar-refractivity contribution >= 4 is 11.9 Å². The molecule has 0 saturated carbocycles. The van der Waals surface area contributed by atoms with Gasteiger partial charge in [-0.2, -0.15) is 0 Å². The van der Waals surface area contributed by atoms with Crippen molar-refractivity contribution in [1.82, 2.24) is 4.90 Å². The van der Waals surface area contributed by atoms with Gasteiger partial charge in [-0.25, -0.2) is 0 Å². The van der Waals surface area contributed by atoms with Crippen molar-refractivity contribution in [3.05, 3.63) is 48.0 Å². The monoisotopic (exact) mass is 301 g/mol. The number of rotatable bonds is 6. The Kier molecular flexibility index (Phi) is 5.01. The molecule has 1 saturated heterocycles. The average molecular weight is 301 g/mol. The summed E-state index contributed by atoms with van der Waals surface area (Å²) in [6, 6.07) is 9.46. The Morgan fingerprint density at radius 1 is 1.32 bits per heavy atom. The van der Waals surface area contributed by atoms with Crippen molar-refractivity contribution in [2.45, 2.75) is 33.4 Å². The molecule has 4 nitrogen and oxygen atoms in total. The van der Waals surface area contributed by atoms with E-state index in [1.165, 1.54) is 0 Å². The van der Waals surface area contributed by atoms with E-state index in [0.29, 0.717) is 13.2 Å². The Hall–Kier alpha value is -2.10. The largest absolute Gasteiger partial charge is 0.465 e. The van der Waals surface area contributed by atoms with Crippen LogP contribution in [0.5, 0.6) is 0 Å². The minimum atomic E-state index is -0.736. The average Bonchev–Trinajstić information content (AvgIpc) is 2.48. The highest BCUT2D eigenvalue weighted by Gasteiger charge is 2.52. The van der Waals surface area contributed by atoms with Gasteiger partial charge < -0.3 is 9.64 Å². The van der Waals surface area contributed by atoms with Crippen molar-refractivity contribution in [1.29, 1.82) is 0 Å². The zero-order chi connectivity index (χ0) is 16.3. The van der Waals surface area contributed by atoms with Crippen LogP contribution in [0, 0.1) is 11.8 Å². The Bertz CT molecular complexity index is 565. The lowest BCUT2D eigenvalue weighted by Gasteiger charge is -2.46. The summed E-state index contributed by atoms with van der Waals surface area (Å²) >= 11 is 0. The number of likely N-dealkylation sites (tertiary alicyclic amines) is 1. The molecule has 0 bridgehead atoms. The van der Waals surface area contributed by atoms with Gasteiger partial charge in [0.15, 0.2) is 5.92 Å². The molecule has 0 N–H and O–H groups in total. The van der Waals surface area contributed by atoms with Gasteiger partial charge in [0.2, 0.25) is 5.91 Å². The van der Waals surface area contributed by atoms with Gasteiger partial charge in [-0.05, 0) is 18.4 Å². The zero-order valence-electron chi connectivity index (χ0n) is 13.4. The number of amides is 1. The number of benzene rings is 1. The van der Waals surface area contributed by atoms with E-state index >= 15 is 0 Å². The summed E-state index contributed by atoms with van der Waals surface area (Å²) in [6.45, 7) is 10.5. The number of carbonyl (C=O) groups is 2. The molecule has 1 aliphatic heterocycles. The predicted octanol–water partition coefficient (Wildman–Crippen LogP) is 2.79. The number of β-lactam (4-membered cyclic amide) rings is 1. The van der Waals surface area contributed by atoms with Gasteiger partial charge in [0.05, 0.1) is 12.6 Å². The topological polar surface area (TPSA) is 46.6 Å². The molecule has 0 spiro atoms. The van der Waals surface area contributed by atoms with Crippen LogP contribution in [0.1, 0.15) is 26.3 Å². The van der Waals surface area contributed by atoms with Crippen LogP contribution < -0.4 is 0 Å². The first-order chi connectivity index (χ1) is 10.4. The minimum Gasteiger partial charge on any atom is -0.465 e. The summed E-state index contributed by atoms with van der Waals surface area (Å²) in [4.78, 5) is 26.2. The Labute approximate surface area is 131 Å². The third-order valence-corrected chi connectivity index (χ3v) is 3.71. The Balaban J connectivity index is 2.06. The molecular formula is C18H23NO3. The van der Waals surface area contributed by atoms with E-state index in [-0.39, 0.29) is 17.9 Å². The fourth-order valence-corrected chi connectivity index (χ4v) is 2.62. The van der Waals surface area contributed by atoms with Crippen LogP contribution in [0.2, 0.25) is 0 Å². The molecule has 22 heavy (non-hydrogen) atoms. The van der Waals surface area contributed by atoms with Crippen molar-refractivity contribution in [2.24, 2.45) is 11.8 Å². The molecule has 4 heteroatoms. The van der Waals surface area contributed by atoms with E-state index in [1.807, 2.05) is 51.1 Å². The van der Waals surface area contributed by atoms with Gasteiger partial charge >= 0.3 is 5.97 Å². The highest BCUT2D eigenvalue weighted by molar-refractivity contribution is 6.04. The minimum absolute atomic E-state index is 0.175. The van der Waals surface area contributed by atoms with Gasteiger partial charge in [-0.15, -0.1) is 0 Å². The van der Waals surface area contributed by atoms with E-state index < -0.39 is 11.9 Å². The molecule has 0 radical (unpaired) electrons. The molecule has 1 aliphatic rings. The Morgan fingerprint density at radius 2 is 1.95 bits per heavy atom. The number of hydrogen-bond acceptors (Lipinski definition) is 3. The first-order valence-electron chi connectivity index (χ1n) is 7.58. The molecule has 0 aliphatic carbocycles. The standard InChI is InChI=1S/C18H23NO3/c1-12(2)11-22-18(21)15-16(13(3)4)19(17(15)20)10-14-8-6-5-7-9-14/h5-9,12,15-16H,3,10-11H2,1-2,4H3/t15-,16-/m0/s1. The van der Waals surface area contributed by atoms with Crippen LogP contribution >= 0.6 is 0 Å². The molecule has 2 atom stereocenters. The van der Waals surface area contributed by atoms with E-state index in [9.17, 15) is 9.59 Å². The lowest BCUT2D eigenvalue weighted by Crippen LogP contribution is -2.63. The summed E-state index contributed by atoms with van der Waals surface area (Å²) in [5, 5.41) is 0. The molecule has 1 aromatic carbocycles. The molecule has 1 fully saturated rings. The summed E-state index contributed by atoms with van der Waals surface area (Å²) in [5.41, 5.74) is 1.85. The summed E-state index contributed by atoms with van der Waals surface area (Å²) in [5.74, 6) is -1.09. The SMILES string of the molecule is C=C(C)[C@H]1[C@H](C(=O)OCC(C)C)C(=O)N1Cc1ccccc1. The van der Waals surface area contributed by atoms with Gasteiger partial charge in [0.25, 0.3) is 0 Å². The summed E-state index contributed by atoms with van der Waals surface area (Å²) < 4.78 is 5.23. The second-order valence-electron chi connectivity index (χ2n) is 6.24. The van der Waals surface area contributed by atoms with Crippen LogP contribution in [0.25, 0.3) is 0 Å². The van der Waals surface area contributed by atoms with Crippen LogP contribution in [0.15, 0.2) is 42.5 Å². The number of hydrogen-bond donors (Lipinski definition) is 0. The van der Waals surface area contributed by atoms with Crippen molar-refractivity contribution in [2.75, 3.05) is 6.61 Å². The molecule has 1 aromatic rings. The van der Waals surface area contributed by atoms with Crippen molar-refractivity contribution in [3.63, 3.8) is 0 Å². The highest BCUT2D eigenvalue weighted by Crippen LogP contribution is 2.34. The Morgan fingerprint density at radius 3 is 2.50 bits per heavy atom. The maximum absolute atomic E-state index is 12.4. The van der Waals surface area contributed by atoms with Crippen LogP contribution in [-0.4, -0.2) is 29.4 Å². The van der Waals surface area contributed by atoms with Gasteiger partial charge in [-0.1, -0.05) is 56.3 Å². The molecular weight excluding hydrogens is 278 g/mol. The fraction of sp³-hybridized carbons (Fsp3) is 0.444. The van der Waals surface area contributed by atoms with E-state index in [2.05, 4.69) is 6.58 Å².